The molecule has 0 bridgehead atoms. The van der Waals surface area contributed by atoms with Gasteiger partial charge in [-0.2, -0.15) is 23.4 Å². The van der Waals surface area contributed by atoms with E-state index < -0.39 is 48.4 Å². The van der Waals surface area contributed by atoms with E-state index >= 15 is 0 Å². The summed E-state index contributed by atoms with van der Waals surface area (Å²) in [5.41, 5.74) is -0.783. The van der Waals surface area contributed by atoms with E-state index in [2.05, 4.69) is 15.5 Å². The fraction of sp³-hybridized carbons (Fsp3) is 0.292. The highest BCUT2D eigenvalue weighted by atomic mass is 19.4. The molecule has 0 spiro atoms. The van der Waals surface area contributed by atoms with Gasteiger partial charge < -0.3 is 9.73 Å². The second-order valence-corrected chi connectivity index (χ2v) is 8.37. The molecule has 7 nitrogen and oxygen atoms in total. The number of alkyl halides is 7. The number of nitrogens with one attached hydrogen (secondary N) is 1. The highest BCUT2D eigenvalue weighted by Crippen LogP contribution is 2.30. The molecule has 0 saturated carbocycles. The van der Waals surface area contributed by atoms with Crippen LogP contribution < -0.4 is 5.32 Å². The van der Waals surface area contributed by atoms with Crippen molar-refractivity contribution < 1.29 is 39.9 Å². The minimum absolute atomic E-state index is 0.0221. The van der Waals surface area contributed by atoms with Gasteiger partial charge in [-0.25, -0.2) is 17.6 Å². The van der Waals surface area contributed by atoms with Gasteiger partial charge in [0, 0.05) is 0 Å². The number of aryl methyl sites for hydroxylation is 1. The Balaban J connectivity index is 1.49. The fourth-order valence-electron chi connectivity index (χ4n) is 3.82. The predicted octanol–water partition coefficient (Wildman–Crippen LogP) is 6.53. The molecule has 0 radical (unpaired) electrons. The van der Waals surface area contributed by atoms with E-state index in [1.54, 1.807) is 13.8 Å². The Morgan fingerprint density at radius 2 is 1.71 bits per heavy atom. The third-order valence-corrected chi connectivity index (χ3v) is 5.67. The summed E-state index contributed by atoms with van der Waals surface area (Å²) in [4.78, 5) is 12.8. The van der Waals surface area contributed by atoms with Crippen molar-refractivity contribution in [3.63, 3.8) is 0 Å². The van der Waals surface area contributed by atoms with Crippen LogP contribution in [0.15, 0.2) is 46.9 Å². The summed E-state index contributed by atoms with van der Waals surface area (Å²) >= 11 is 0. The van der Waals surface area contributed by atoms with Crippen molar-refractivity contribution >= 4 is 11.6 Å². The molecule has 1 amide bonds. The Labute approximate surface area is 210 Å². The highest BCUT2D eigenvalue weighted by molar-refractivity contribution is 6.02. The first-order chi connectivity index (χ1) is 17.8. The van der Waals surface area contributed by atoms with E-state index in [4.69, 9.17) is 4.42 Å². The first-order valence-corrected chi connectivity index (χ1v) is 11.1. The molecule has 0 aliphatic rings. The molecule has 3 aromatic heterocycles. The average Bonchev–Trinajstić information content (AvgIpc) is 3.54. The van der Waals surface area contributed by atoms with Gasteiger partial charge in [-0.15, -0.1) is 0 Å². The zero-order valence-corrected chi connectivity index (χ0v) is 19.9. The standard InChI is InChI=1S/C24H20F7N5O2/c1-12-20(13(2)35(33-12)10-14-4-3-5-15(8-14)24(29,30)31)32-23(37)19-7-6-16(38-19)11-36-18(22(27)28)9-17(34-36)21(25)26/h3-9,21-22H,10-11H2,1-2H3,(H,32,37). The Morgan fingerprint density at radius 3 is 2.37 bits per heavy atom. The summed E-state index contributed by atoms with van der Waals surface area (Å²) < 4.78 is 98.8. The van der Waals surface area contributed by atoms with Crippen molar-refractivity contribution in [3.8, 4) is 0 Å². The molecule has 0 unspecified atom stereocenters. The number of amides is 1. The van der Waals surface area contributed by atoms with Crippen LogP contribution in [0.2, 0.25) is 0 Å². The monoisotopic (exact) mass is 543 g/mol. The van der Waals surface area contributed by atoms with Crippen molar-refractivity contribution in [3.05, 3.63) is 87.9 Å². The minimum Gasteiger partial charge on any atom is -0.454 e. The largest absolute Gasteiger partial charge is 0.454 e. The van der Waals surface area contributed by atoms with Gasteiger partial charge in [0.15, 0.2) is 5.76 Å². The second-order valence-electron chi connectivity index (χ2n) is 8.37. The lowest BCUT2D eigenvalue weighted by molar-refractivity contribution is -0.137. The number of rotatable bonds is 8. The third-order valence-electron chi connectivity index (χ3n) is 5.67. The van der Waals surface area contributed by atoms with Crippen LogP contribution in [-0.2, 0) is 19.3 Å². The van der Waals surface area contributed by atoms with Crippen molar-refractivity contribution in [2.45, 2.75) is 46.0 Å². The van der Waals surface area contributed by atoms with Crippen LogP contribution in [0, 0.1) is 13.8 Å². The van der Waals surface area contributed by atoms with Crippen molar-refractivity contribution in [2.24, 2.45) is 0 Å². The van der Waals surface area contributed by atoms with Gasteiger partial charge in [0.2, 0.25) is 0 Å². The van der Waals surface area contributed by atoms with Crippen LogP contribution in [0.1, 0.15) is 63.1 Å². The van der Waals surface area contributed by atoms with E-state index in [-0.39, 0.29) is 18.1 Å². The summed E-state index contributed by atoms with van der Waals surface area (Å²) in [6, 6.07) is 8.01. The third kappa shape index (κ3) is 5.73. The molecule has 4 rings (SSSR count). The summed E-state index contributed by atoms with van der Waals surface area (Å²) in [6.45, 7) is 2.84. The molecule has 0 saturated heterocycles. The molecule has 202 valence electrons. The number of anilines is 1. The van der Waals surface area contributed by atoms with E-state index in [0.29, 0.717) is 33.4 Å². The summed E-state index contributed by atoms with van der Waals surface area (Å²) in [5, 5.41) is 10.4. The van der Waals surface area contributed by atoms with Gasteiger partial charge in [0.25, 0.3) is 18.8 Å². The number of carbonyl (C=O) groups is 1. The molecule has 4 aromatic rings. The first-order valence-electron chi connectivity index (χ1n) is 11.1. The van der Waals surface area contributed by atoms with Crippen LogP contribution in [0.25, 0.3) is 0 Å². The Kier molecular flexibility index (Phi) is 7.33. The molecule has 0 aliphatic carbocycles. The normalized spacial score (nSPS) is 12.1. The predicted molar refractivity (Wildman–Crippen MR) is 120 cm³/mol. The van der Waals surface area contributed by atoms with Gasteiger partial charge in [0.1, 0.15) is 17.1 Å². The Bertz CT molecular complexity index is 1450. The lowest BCUT2D eigenvalue weighted by atomic mass is 10.1. The Hall–Kier alpha value is -4.10. The quantitative estimate of drug-likeness (QED) is 0.256. The van der Waals surface area contributed by atoms with Gasteiger partial charge >= 0.3 is 6.18 Å². The molecule has 0 fully saturated rings. The second kappa shape index (κ2) is 10.3. The smallest absolute Gasteiger partial charge is 0.416 e. The lowest BCUT2D eigenvalue weighted by Gasteiger charge is -2.10. The summed E-state index contributed by atoms with van der Waals surface area (Å²) in [5.74, 6) is -0.872. The number of aromatic nitrogens is 4. The molecule has 3 heterocycles. The van der Waals surface area contributed by atoms with E-state index in [9.17, 15) is 35.5 Å². The lowest BCUT2D eigenvalue weighted by Crippen LogP contribution is -2.13. The van der Waals surface area contributed by atoms with Crippen LogP contribution in [0.5, 0.6) is 0 Å². The van der Waals surface area contributed by atoms with E-state index in [1.165, 1.54) is 28.9 Å². The van der Waals surface area contributed by atoms with Gasteiger partial charge in [0.05, 0.1) is 35.7 Å². The fourth-order valence-corrected chi connectivity index (χ4v) is 3.82. The van der Waals surface area contributed by atoms with E-state index in [0.717, 1.165) is 12.1 Å². The number of furan rings is 1. The van der Waals surface area contributed by atoms with Crippen LogP contribution in [-0.4, -0.2) is 25.5 Å². The van der Waals surface area contributed by atoms with Crippen molar-refractivity contribution in [1.82, 2.24) is 19.6 Å². The maximum atomic E-state index is 13.2. The SMILES string of the molecule is Cc1nn(Cc2cccc(C(F)(F)F)c2)c(C)c1NC(=O)c1ccc(Cn2nc(C(F)F)cc2C(F)F)o1. The number of hydrogen-bond donors (Lipinski definition) is 1. The molecule has 0 atom stereocenters. The van der Waals surface area contributed by atoms with Crippen molar-refractivity contribution in [1.29, 1.82) is 0 Å². The highest BCUT2D eigenvalue weighted by Gasteiger charge is 2.30. The molecule has 1 aromatic carbocycles. The topological polar surface area (TPSA) is 77.9 Å². The minimum atomic E-state index is -4.49. The van der Waals surface area contributed by atoms with Gasteiger partial charge in [-0.05, 0) is 49.7 Å². The van der Waals surface area contributed by atoms with Gasteiger partial charge in [-0.1, -0.05) is 12.1 Å². The average molecular weight is 543 g/mol. The van der Waals surface area contributed by atoms with Crippen molar-refractivity contribution in [2.75, 3.05) is 5.32 Å². The number of nitrogens with zero attached hydrogens (tertiary/aromatic N) is 4. The number of hydrogen-bond acceptors (Lipinski definition) is 4. The molecule has 0 aliphatic heterocycles. The summed E-state index contributed by atoms with van der Waals surface area (Å²) in [7, 11) is 0. The molecule has 14 heteroatoms. The number of benzene rings is 1. The maximum Gasteiger partial charge on any atom is 0.416 e. The zero-order valence-electron chi connectivity index (χ0n) is 19.9. The van der Waals surface area contributed by atoms with E-state index in [1.807, 2.05) is 0 Å². The van der Waals surface area contributed by atoms with Crippen LogP contribution in [0.4, 0.5) is 36.4 Å². The number of halogens is 7. The molecule has 38 heavy (non-hydrogen) atoms. The molecular weight excluding hydrogens is 523 g/mol. The van der Waals surface area contributed by atoms with Crippen LogP contribution in [0.3, 0.4) is 0 Å². The first kappa shape index (κ1) is 26.9. The molecular formula is C24H20F7N5O2. The number of carbonyl (C=O) groups excluding carboxylic acids is 1. The molecule has 1 N–H and O–H groups in total. The zero-order chi connectivity index (χ0) is 27.8. The van der Waals surface area contributed by atoms with Crippen LogP contribution >= 0.6 is 0 Å². The van der Waals surface area contributed by atoms with Gasteiger partial charge in [-0.3, -0.25) is 14.2 Å². The Morgan fingerprint density at radius 1 is 0.974 bits per heavy atom. The summed E-state index contributed by atoms with van der Waals surface area (Å²) in [6.07, 6.45) is -10.6. The maximum absolute atomic E-state index is 13.2.